The van der Waals surface area contributed by atoms with Crippen LogP contribution in [0.25, 0.3) is 0 Å². The minimum Gasteiger partial charge on any atom is -0.311 e. The van der Waals surface area contributed by atoms with Gasteiger partial charge < -0.3 is 4.90 Å². The Hall–Kier alpha value is -1.05. The topological polar surface area (TPSA) is 57.7 Å². The summed E-state index contributed by atoms with van der Waals surface area (Å²) < 4.78 is 27.3. The largest absolute Gasteiger partial charge is 0.311 e. The van der Waals surface area contributed by atoms with Gasteiger partial charge in [0.2, 0.25) is 15.9 Å². The number of thioether (sulfide) groups is 1. The highest BCUT2D eigenvalue weighted by Crippen LogP contribution is 2.36. The molecule has 3 rings (SSSR count). The third-order valence-electron chi connectivity index (χ3n) is 4.34. The van der Waals surface area contributed by atoms with Crippen molar-refractivity contribution < 1.29 is 13.2 Å². The van der Waals surface area contributed by atoms with Gasteiger partial charge in [-0.1, -0.05) is 6.42 Å². The van der Waals surface area contributed by atoms with Crippen LogP contribution < -0.4 is 4.90 Å². The maximum atomic E-state index is 12.9. The number of carbonyl (C=O) groups is 1. The van der Waals surface area contributed by atoms with E-state index in [0.29, 0.717) is 24.5 Å². The fourth-order valence-corrected chi connectivity index (χ4v) is 5.61. The minimum absolute atomic E-state index is 0.0405. The molecule has 1 saturated heterocycles. The fourth-order valence-electron chi connectivity index (χ4n) is 3.10. The molecule has 0 N–H and O–H groups in total. The molecule has 2 aliphatic heterocycles. The molecule has 2 aliphatic rings. The summed E-state index contributed by atoms with van der Waals surface area (Å²) in [5.74, 6) is 0.899. The first kappa shape index (κ1) is 16.8. The summed E-state index contributed by atoms with van der Waals surface area (Å²) in [7, 11) is -3.47. The molecule has 1 fully saturated rings. The fraction of sp³-hybridized carbons (Fsp3) is 0.562. The maximum Gasteiger partial charge on any atom is 0.243 e. The lowest BCUT2D eigenvalue weighted by Crippen LogP contribution is -2.36. The van der Waals surface area contributed by atoms with Gasteiger partial charge in [-0.15, -0.1) is 11.8 Å². The van der Waals surface area contributed by atoms with E-state index in [0.717, 1.165) is 42.0 Å². The first-order valence-corrected chi connectivity index (χ1v) is 10.5. The van der Waals surface area contributed by atoms with Crippen LogP contribution in [0.5, 0.6) is 0 Å². The van der Waals surface area contributed by atoms with Gasteiger partial charge in [-0.25, -0.2) is 8.42 Å². The number of carbonyl (C=O) groups excluding carboxylic acids is 1. The van der Waals surface area contributed by atoms with E-state index >= 15 is 0 Å². The molecule has 126 valence electrons. The number of amides is 1. The van der Waals surface area contributed by atoms with Crippen molar-refractivity contribution in [2.24, 2.45) is 0 Å². The Kier molecular flexibility index (Phi) is 4.98. The monoisotopic (exact) mass is 354 g/mol. The number of nitrogens with zero attached hydrogens (tertiary/aromatic N) is 2. The highest BCUT2D eigenvalue weighted by Gasteiger charge is 2.28. The summed E-state index contributed by atoms with van der Waals surface area (Å²) in [5.41, 5.74) is 0.734. The van der Waals surface area contributed by atoms with Crippen molar-refractivity contribution in [2.45, 2.75) is 42.4 Å². The van der Waals surface area contributed by atoms with Crippen LogP contribution in [0, 0.1) is 0 Å². The molecule has 0 bridgehead atoms. The number of piperidine rings is 1. The molecule has 1 amide bonds. The maximum absolute atomic E-state index is 12.9. The van der Waals surface area contributed by atoms with Gasteiger partial charge in [-0.2, -0.15) is 4.31 Å². The van der Waals surface area contributed by atoms with E-state index in [1.54, 1.807) is 33.1 Å². The number of sulfonamides is 1. The summed E-state index contributed by atoms with van der Waals surface area (Å²) in [5, 5.41) is 0. The lowest BCUT2D eigenvalue weighted by molar-refractivity contribution is -0.116. The average molecular weight is 354 g/mol. The molecule has 0 unspecified atom stereocenters. The first-order chi connectivity index (χ1) is 11.0. The van der Waals surface area contributed by atoms with Crippen LogP contribution in [0.1, 0.15) is 32.6 Å². The van der Waals surface area contributed by atoms with Gasteiger partial charge in [0.25, 0.3) is 0 Å². The number of hydrogen-bond acceptors (Lipinski definition) is 4. The highest BCUT2D eigenvalue weighted by molar-refractivity contribution is 7.99. The zero-order chi connectivity index (χ0) is 16.4. The molecule has 0 aromatic heterocycles. The Morgan fingerprint density at radius 3 is 2.52 bits per heavy atom. The SMILES string of the molecule is CC(=O)N1CCCSc2ccc(S(=O)(=O)N3CCCCC3)cc21. The summed E-state index contributed by atoms with van der Waals surface area (Å²) in [6.07, 6.45) is 3.83. The van der Waals surface area contributed by atoms with E-state index in [1.807, 2.05) is 6.07 Å². The molecule has 23 heavy (non-hydrogen) atoms. The Morgan fingerprint density at radius 2 is 1.83 bits per heavy atom. The summed E-state index contributed by atoms with van der Waals surface area (Å²) in [6.45, 7) is 3.35. The van der Waals surface area contributed by atoms with E-state index in [1.165, 1.54) is 6.92 Å². The van der Waals surface area contributed by atoms with E-state index < -0.39 is 10.0 Å². The minimum atomic E-state index is -3.47. The zero-order valence-electron chi connectivity index (χ0n) is 13.3. The Morgan fingerprint density at radius 1 is 1.09 bits per heavy atom. The van der Waals surface area contributed by atoms with Crippen LogP contribution in [0.3, 0.4) is 0 Å². The Bertz CT molecular complexity index is 697. The van der Waals surface area contributed by atoms with Gasteiger partial charge in [-0.05, 0) is 43.2 Å². The van der Waals surface area contributed by atoms with Crippen LogP contribution >= 0.6 is 11.8 Å². The Labute approximate surface area is 142 Å². The van der Waals surface area contributed by atoms with E-state index in [-0.39, 0.29) is 5.91 Å². The van der Waals surface area contributed by atoms with Gasteiger partial charge >= 0.3 is 0 Å². The lowest BCUT2D eigenvalue weighted by Gasteiger charge is -2.27. The van der Waals surface area contributed by atoms with Gasteiger partial charge in [0.15, 0.2) is 0 Å². The third kappa shape index (κ3) is 3.41. The van der Waals surface area contributed by atoms with Crippen molar-refractivity contribution in [3.05, 3.63) is 18.2 Å². The van der Waals surface area contributed by atoms with Gasteiger partial charge in [-0.3, -0.25) is 4.79 Å². The van der Waals surface area contributed by atoms with Crippen molar-refractivity contribution in [2.75, 3.05) is 30.3 Å². The second kappa shape index (κ2) is 6.83. The number of fused-ring (bicyclic) bond motifs is 1. The standard InChI is InChI=1S/C16H22N2O3S2/c1-13(19)18-10-5-11-22-16-7-6-14(12-15(16)18)23(20,21)17-8-3-2-4-9-17/h6-7,12H,2-5,8-11H2,1H3. The molecule has 0 aliphatic carbocycles. The molecule has 0 radical (unpaired) electrons. The van der Waals surface area contributed by atoms with Crippen LogP contribution in [0.4, 0.5) is 5.69 Å². The van der Waals surface area contributed by atoms with Crippen LogP contribution in [0.2, 0.25) is 0 Å². The first-order valence-electron chi connectivity index (χ1n) is 8.05. The summed E-state index contributed by atoms with van der Waals surface area (Å²) >= 11 is 1.68. The van der Waals surface area contributed by atoms with Gasteiger partial charge in [0, 0.05) is 31.5 Å². The third-order valence-corrected chi connectivity index (χ3v) is 7.38. The van der Waals surface area contributed by atoms with Crippen molar-refractivity contribution in [3.8, 4) is 0 Å². The molecule has 0 atom stereocenters. The van der Waals surface area contributed by atoms with E-state index in [4.69, 9.17) is 0 Å². The molecular formula is C16H22N2O3S2. The smallest absolute Gasteiger partial charge is 0.243 e. The zero-order valence-corrected chi connectivity index (χ0v) is 15.0. The number of anilines is 1. The molecule has 1 aromatic rings. The average Bonchev–Trinajstić information content (AvgIpc) is 2.77. The number of rotatable bonds is 2. The van der Waals surface area contributed by atoms with Gasteiger partial charge in [0.05, 0.1) is 10.6 Å². The van der Waals surface area contributed by atoms with Crippen molar-refractivity contribution in [1.29, 1.82) is 0 Å². The van der Waals surface area contributed by atoms with E-state index in [9.17, 15) is 13.2 Å². The molecule has 7 heteroatoms. The van der Waals surface area contributed by atoms with E-state index in [2.05, 4.69) is 0 Å². The lowest BCUT2D eigenvalue weighted by atomic mass is 10.2. The predicted molar refractivity (Wildman–Crippen MR) is 92.4 cm³/mol. The van der Waals surface area contributed by atoms with Crippen molar-refractivity contribution in [1.82, 2.24) is 4.31 Å². The number of hydrogen-bond donors (Lipinski definition) is 0. The van der Waals surface area contributed by atoms with Crippen LogP contribution in [0.15, 0.2) is 28.0 Å². The molecule has 0 saturated carbocycles. The second-order valence-corrected chi connectivity index (χ2v) is 9.04. The highest BCUT2D eigenvalue weighted by atomic mass is 32.2. The van der Waals surface area contributed by atoms with Crippen LogP contribution in [-0.4, -0.2) is 44.0 Å². The normalized spacial score (nSPS) is 20.0. The molecule has 0 spiro atoms. The van der Waals surface area contributed by atoms with Crippen LogP contribution in [-0.2, 0) is 14.8 Å². The summed E-state index contributed by atoms with van der Waals surface area (Å²) in [4.78, 5) is 14.9. The number of benzene rings is 1. The molecule has 2 heterocycles. The molecule has 1 aromatic carbocycles. The second-order valence-electron chi connectivity index (χ2n) is 5.97. The summed E-state index contributed by atoms with van der Waals surface area (Å²) in [6, 6.07) is 5.20. The molecular weight excluding hydrogens is 332 g/mol. The Balaban J connectivity index is 2.00. The predicted octanol–water partition coefficient (Wildman–Crippen LogP) is 2.71. The quantitative estimate of drug-likeness (QED) is 0.819. The van der Waals surface area contributed by atoms with Crippen molar-refractivity contribution in [3.63, 3.8) is 0 Å². The van der Waals surface area contributed by atoms with Gasteiger partial charge in [0.1, 0.15) is 0 Å². The van der Waals surface area contributed by atoms with Crippen molar-refractivity contribution >= 4 is 33.4 Å². The molecule has 5 nitrogen and oxygen atoms in total.